The van der Waals surface area contributed by atoms with Crippen LogP contribution in [0.1, 0.15) is 17.8 Å². The lowest BCUT2D eigenvalue weighted by molar-refractivity contribution is -0.119. The van der Waals surface area contributed by atoms with Gasteiger partial charge in [-0.3, -0.25) is 9.48 Å². The summed E-state index contributed by atoms with van der Waals surface area (Å²) in [7, 11) is 1.76. The second-order valence-electron chi connectivity index (χ2n) is 3.74. The maximum atomic E-state index is 11.7. The number of nitrogens with two attached hydrogens (primary N) is 1. The Kier molecular flexibility index (Phi) is 4.26. The molecule has 0 spiro atoms. The molecule has 0 aliphatic rings. The van der Waals surface area contributed by atoms with Gasteiger partial charge in [0.15, 0.2) is 5.78 Å². The van der Waals surface area contributed by atoms with Crippen LogP contribution in [0.4, 0.5) is 0 Å². The first-order valence-electron chi connectivity index (χ1n) is 5.04. The fraction of sp³-hybridized carbons (Fsp3) is 0.455. The van der Waals surface area contributed by atoms with Crippen LogP contribution in [0.15, 0.2) is 12.7 Å². The van der Waals surface area contributed by atoms with Gasteiger partial charge in [-0.05, 0) is 13.3 Å². The van der Waals surface area contributed by atoms with Crippen LogP contribution in [0.2, 0.25) is 5.02 Å². The topological polar surface area (TPSA) is 60.9 Å². The highest BCUT2D eigenvalue weighted by molar-refractivity contribution is 6.32. The van der Waals surface area contributed by atoms with Crippen LogP contribution in [0.25, 0.3) is 0 Å². The molecule has 0 saturated heterocycles. The van der Waals surface area contributed by atoms with Gasteiger partial charge in [0.1, 0.15) is 0 Å². The van der Waals surface area contributed by atoms with Crippen molar-refractivity contribution in [2.45, 2.75) is 25.8 Å². The maximum absolute atomic E-state index is 11.7. The fourth-order valence-corrected chi connectivity index (χ4v) is 1.71. The third-order valence-corrected chi connectivity index (χ3v) is 2.93. The van der Waals surface area contributed by atoms with Crippen molar-refractivity contribution in [2.24, 2.45) is 12.8 Å². The zero-order valence-corrected chi connectivity index (χ0v) is 10.3. The molecule has 1 aromatic rings. The number of hydrogen-bond acceptors (Lipinski definition) is 3. The van der Waals surface area contributed by atoms with Gasteiger partial charge in [-0.15, -0.1) is 6.58 Å². The smallest absolute Gasteiger partial charge is 0.155 e. The lowest BCUT2D eigenvalue weighted by atomic mass is 10.1. The minimum Gasteiger partial charge on any atom is -0.321 e. The number of aromatic nitrogens is 2. The number of carbonyl (C=O) groups excluding carboxylic acids is 1. The van der Waals surface area contributed by atoms with Gasteiger partial charge >= 0.3 is 0 Å². The summed E-state index contributed by atoms with van der Waals surface area (Å²) >= 11 is 6.04. The van der Waals surface area contributed by atoms with E-state index in [0.717, 1.165) is 5.69 Å². The molecule has 2 N–H and O–H groups in total. The highest BCUT2D eigenvalue weighted by Crippen LogP contribution is 2.20. The summed E-state index contributed by atoms with van der Waals surface area (Å²) in [5, 5.41) is 4.68. The SMILES string of the molecule is C=CCC(N)C(=O)Cc1c(Cl)c(C)nn1C. The Morgan fingerprint density at radius 1 is 1.75 bits per heavy atom. The van der Waals surface area contributed by atoms with Gasteiger partial charge in [-0.1, -0.05) is 17.7 Å². The van der Waals surface area contributed by atoms with E-state index in [-0.39, 0.29) is 12.2 Å². The van der Waals surface area contributed by atoms with Gasteiger partial charge in [0.25, 0.3) is 0 Å². The van der Waals surface area contributed by atoms with Gasteiger partial charge < -0.3 is 5.73 Å². The lowest BCUT2D eigenvalue weighted by Gasteiger charge is -2.08. The summed E-state index contributed by atoms with van der Waals surface area (Å²) in [6.07, 6.45) is 2.33. The number of ketones is 1. The largest absolute Gasteiger partial charge is 0.321 e. The number of rotatable bonds is 5. The van der Waals surface area contributed by atoms with Crippen LogP contribution in [-0.4, -0.2) is 21.6 Å². The molecule has 1 rings (SSSR count). The van der Waals surface area contributed by atoms with E-state index in [2.05, 4.69) is 11.7 Å². The number of carbonyl (C=O) groups is 1. The number of Topliss-reactive ketones (excluding diaryl/α,β-unsaturated/α-hetero) is 1. The molecule has 0 bridgehead atoms. The van der Waals surface area contributed by atoms with Crippen molar-refractivity contribution in [3.05, 3.63) is 29.1 Å². The Morgan fingerprint density at radius 2 is 2.38 bits per heavy atom. The summed E-state index contributed by atoms with van der Waals surface area (Å²) in [4.78, 5) is 11.7. The fourth-order valence-electron chi connectivity index (χ4n) is 1.48. The van der Waals surface area contributed by atoms with Gasteiger partial charge in [-0.2, -0.15) is 5.10 Å². The van der Waals surface area contributed by atoms with Gasteiger partial charge in [-0.25, -0.2) is 0 Å². The zero-order chi connectivity index (χ0) is 12.3. The van der Waals surface area contributed by atoms with Crippen LogP contribution < -0.4 is 5.73 Å². The summed E-state index contributed by atoms with van der Waals surface area (Å²) in [5.74, 6) is -0.0511. The minimum absolute atomic E-state index is 0.0511. The predicted octanol–water partition coefficient (Wildman–Crippen LogP) is 1.40. The normalized spacial score (nSPS) is 12.5. The van der Waals surface area contributed by atoms with E-state index in [0.29, 0.717) is 17.1 Å². The van der Waals surface area contributed by atoms with E-state index < -0.39 is 6.04 Å². The molecular weight excluding hydrogens is 226 g/mol. The van der Waals surface area contributed by atoms with E-state index in [1.54, 1.807) is 24.7 Å². The third kappa shape index (κ3) is 2.71. The summed E-state index contributed by atoms with van der Waals surface area (Å²) < 4.78 is 1.62. The molecule has 4 nitrogen and oxygen atoms in total. The standard InChI is InChI=1S/C11H16ClN3O/c1-4-5-8(13)10(16)6-9-11(12)7(2)14-15(9)3/h4,8H,1,5-6,13H2,2-3H3. The molecule has 0 fully saturated rings. The Balaban J connectivity index is 2.80. The highest BCUT2D eigenvalue weighted by Gasteiger charge is 2.18. The molecule has 1 aromatic heterocycles. The summed E-state index contributed by atoms with van der Waals surface area (Å²) in [6.45, 7) is 5.36. The maximum Gasteiger partial charge on any atom is 0.155 e. The van der Waals surface area contributed by atoms with E-state index in [1.165, 1.54) is 0 Å². The van der Waals surface area contributed by atoms with Crippen LogP contribution in [0.5, 0.6) is 0 Å². The first-order chi connectivity index (χ1) is 7.47. The van der Waals surface area contributed by atoms with Crippen molar-refractivity contribution < 1.29 is 4.79 Å². The minimum atomic E-state index is -0.510. The van der Waals surface area contributed by atoms with Crippen molar-refractivity contribution in [1.29, 1.82) is 0 Å². The molecule has 0 amide bonds. The first kappa shape index (κ1) is 12.9. The average molecular weight is 242 g/mol. The summed E-state index contributed by atoms with van der Waals surface area (Å²) in [6, 6.07) is -0.510. The van der Waals surface area contributed by atoms with Crippen molar-refractivity contribution in [3.63, 3.8) is 0 Å². The van der Waals surface area contributed by atoms with E-state index in [4.69, 9.17) is 17.3 Å². The molecule has 0 radical (unpaired) electrons. The molecule has 0 aliphatic carbocycles. The molecule has 16 heavy (non-hydrogen) atoms. The van der Waals surface area contributed by atoms with E-state index in [9.17, 15) is 4.79 Å². The third-order valence-electron chi connectivity index (χ3n) is 2.44. The van der Waals surface area contributed by atoms with Crippen LogP contribution in [0.3, 0.4) is 0 Å². The number of hydrogen-bond donors (Lipinski definition) is 1. The summed E-state index contributed by atoms with van der Waals surface area (Å²) in [5.41, 5.74) is 7.13. The number of nitrogens with zero attached hydrogens (tertiary/aromatic N) is 2. The highest BCUT2D eigenvalue weighted by atomic mass is 35.5. The van der Waals surface area contributed by atoms with Gasteiger partial charge in [0.2, 0.25) is 0 Å². The van der Waals surface area contributed by atoms with Gasteiger partial charge in [0, 0.05) is 7.05 Å². The first-order valence-corrected chi connectivity index (χ1v) is 5.42. The monoisotopic (exact) mass is 241 g/mol. The quantitative estimate of drug-likeness (QED) is 0.793. The van der Waals surface area contributed by atoms with E-state index >= 15 is 0 Å². The second-order valence-corrected chi connectivity index (χ2v) is 4.12. The van der Waals surface area contributed by atoms with Crippen LogP contribution in [-0.2, 0) is 18.3 Å². The van der Waals surface area contributed by atoms with Crippen molar-refractivity contribution in [3.8, 4) is 0 Å². The predicted molar refractivity (Wildman–Crippen MR) is 64.5 cm³/mol. The lowest BCUT2D eigenvalue weighted by Crippen LogP contribution is -2.31. The Morgan fingerprint density at radius 3 is 2.81 bits per heavy atom. The Bertz CT molecular complexity index is 412. The number of halogens is 1. The van der Waals surface area contributed by atoms with Crippen LogP contribution >= 0.6 is 11.6 Å². The molecule has 0 saturated carbocycles. The van der Waals surface area contributed by atoms with Crippen molar-refractivity contribution in [2.75, 3.05) is 0 Å². The Hall–Kier alpha value is -1.13. The Labute approximate surface area is 100 Å². The number of aryl methyl sites for hydroxylation is 2. The molecule has 1 atom stereocenters. The molecule has 0 aliphatic heterocycles. The molecule has 1 heterocycles. The molecular formula is C11H16ClN3O. The van der Waals surface area contributed by atoms with Crippen molar-refractivity contribution >= 4 is 17.4 Å². The molecule has 1 unspecified atom stereocenters. The van der Waals surface area contributed by atoms with E-state index in [1.807, 2.05) is 0 Å². The average Bonchev–Trinajstić information content (AvgIpc) is 2.45. The zero-order valence-electron chi connectivity index (χ0n) is 9.53. The van der Waals surface area contributed by atoms with Crippen LogP contribution in [0, 0.1) is 6.92 Å². The second kappa shape index (κ2) is 5.27. The molecule has 5 heteroatoms. The van der Waals surface area contributed by atoms with Crippen molar-refractivity contribution in [1.82, 2.24) is 9.78 Å². The molecule has 0 aromatic carbocycles. The molecule has 88 valence electrons. The van der Waals surface area contributed by atoms with Gasteiger partial charge in [0.05, 0.1) is 28.9 Å².